The summed E-state index contributed by atoms with van der Waals surface area (Å²) in [7, 11) is -7.52. The second-order valence-corrected chi connectivity index (χ2v) is 12.6. The maximum absolute atomic E-state index is 12.1. The molecule has 0 heterocycles. The summed E-state index contributed by atoms with van der Waals surface area (Å²) in [6.07, 6.45) is 10.3. The van der Waals surface area contributed by atoms with Crippen molar-refractivity contribution in [1.29, 1.82) is 0 Å². The molecular formula is C19H28N2O4S2. The molecule has 1 aromatic rings. The number of sulfonamides is 1. The summed E-state index contributed by atoms with van der Waals surface area (Å²) in [5.74, 6) is 2.66. The van der Waals surface area contributed by atoms with Gasteiger partial charge in [0.15, 0.2) is 9.84 Å². The first-order chi connectivity index (χ1) is 12.5. The lowest BCUT2D eigenvalue weighted by atomic mass is 9.49. The topological polar surface area (TPSA) is 106 Å². The molecule has 0 unspecified atom stereocenters. The Morgan fingerprint density at radius 1 is 1.04 bits per heavy atom. The van der Waals surface area contributed by atoms with Crippen molar-refractivity contribution in [2.75, 3.05) is 18.1 Å². The number of hydrogen-bond acceptors (Lipinski definition) is 5. The fourth-order valence-corrected chi connectivity index (χ4v) is 7.69. The molecule has 4 aliphatic carbocycles. The van der Waals surface area contributed by atoms with Gasteiger partial charge in [0.1, 0.15) is 0 Å². The van der Waals surface area contributed by atoms with Gasteiger partial charge in [-0.15, -0.1) is 0 Å². The highest BCUT2D eigenvalue weighted by atomic mass is 32.2. The smallest absolute Gasteiger partial charge is 0.238 e. The fourth-order valence-electron chi connectivity index (χ4n) is 6.19. The van der Waals surface area contributed by atoms with Crippen LogP contribution >= 0.6 is 0 Å². The molecule has 0 aliphatic heterocycles. The van der Waals surface area contributed by atoms with Crippen LogP contribution in [0.5, 0.6) is 0 Å². The van der Waals surface area contributed by atoms with Crippen LogP contribution in [-0.2, 0) is 19.9 Å². The largest absolute Gasteiger partial charge is 0.384 e. The SMILES string of the molecule is CS(=O)(=O)c1cc(S(N)(=O)=O)ccc1NCCC12CC3CC(CC(C3)C1)C2. The maximum Gasteiger partial charge on any atom is 0.238 e. The van der Waals surface area contributed by atoms with Gasteiger partial charge in [-0.05, 0) is 86.3 Å². The molecule has 4 bridgehead atoms. The van der Waals surface area contributed by atoms with Crippen molar-refractivity contribution in [1.82, 2.24) is 0 Å². The summed E-state index contributed by atoms with van der Waals surface area (Å²) in [6, 6.07) is 4.02. The first-order valence-corrected chi connectivity index (χ1v) is 13.1. The van der Waals surface area contributed by atoms with Gasteiger partial charge in [0.2, 0.25) is 10.0 Å². The molecule has 1 aromatic carbocycles. The Morgan fingerprint density at radius 3 is 2.07 bits per heavy atom. The number of anilines is 1. The van der Waals surface area contributed by atoms with Crippen molar-refractivity contribution in [3.05, 3.63) is 18.2 Å². The molecule has 150 valence electrons. The van der Waals surface area contributed by atoms with Gasteiger partial charge in [0.05, 0.1) is 15.5 Å². The monoisotopic (exact) mass is 412 g/mol. The van der Waals surface area contributed by atoms with Crippen LogP contribution in [0.25, 0.3) is 0 Å². The van der Waals surface area contributed by atoms with Crippen LogP contribution in [0.3, 0.4) is 0 Å². The molecule has 0 spiro atoms. The summed E-state index contributed by atoms with van der Waals surface area (Å²) in [5.41, 5.74) is 0.864. The Hall–Kier alpha value is -1.12. The lowest BCUT2D eigenvalue weighted by Crippen LogP contribution is -2.46. The molecule has 8 heteroatoms. The third kappa shape index (κ3) is 3.89. The van der Waals surface area contributed by atoms with Crippen molar-refractivity contribution in [2.45, 2.75) is 54.7 Å². The standard InChI is InChI=1S/C19H28N2O4S2/c1-26(22,23)18-9-16(27(20,24)25)2-3-17(18)21-5-4-19-10-13-6-14(11-19)8-15(7-13)12-19/h2-3,9,13-15,21H,4-8,10-12H2,1H3,(H2,20,24,25). The van der Waals surface area contributed by atoms with E-state index in [4.69, 9.17) is 5.14 Å². The van der Waals surface area contributed by atoms with Gasteiger partial charge in [-0.2, -0.15) is 0 Å². The van der Waals surface area contributed by atoms with Crippen molar-refractivity contribution >= 4 is 25.5 Å². The Labute approximate surface area is 161 Å². The summed E-state index contributed by atoms with van der Waals surface area (Å²) < 4.78 is 47.4. The first kappa shape index (κ1) is 19.2. The van der Waals surface area contributed by atoms with Crippen LogP contribution in [0.15, 0.2) is 28.0 Å². The van der Waals surface area contributed by atoms with E-state index in [0.717, 1.165) is 36.5 Å². The lowest BCUT2D eigenvalue weighted by Gasteiger charge is -2.57. The van der Waals surface area contributed by atoms with Gasteiger partial charge >= 0.3 is 0 Å². The number of hydrogen-bond donors (Lipinski definition) is 2. The van der Waals surface area contributed by atoms with Crippen molar-refractivity contribution in [3.63, 3.8) is 0 Å². The van der Waals surface area contributed by atoms with E-state index in [0.29, 0.717) is 17.6 Å². The Kier molecular flexibility index (Phi) is 4.59. The van der Waals surface area contributed by atoms with E-state index in [9.17, 15) is 16.8 Å². The summed E-state index contributed by atoms with van der Waals surface area (Å²) in [4.78, 5) is -0.200. The van der Waals surface area contributed by atoms with Gasteiger partial charge < -0.3 is 5.32 Å². The minimum atomic E-state index is -3.95. The third-order valence-corrected chi connectivity index (χ3v) is 8.86. The number of sulfone groups is 1. The van der Waals surface area contributed by atoms with Crippen LogP contribution in [0.1, 0.15) is 44.9 Å². The highest BCUT2D eigenvalue weighted by Crippen LogP contribution is 2.61. The van der Waals surface area contributed by atoms with E-state index in [1.54, 1.807) is 0 Å². The molecule has 0 amide bonds. The molecule has 3 N–H and O–H groups in total. The average molecular weight is 413 g/mol. The number of benzene rings is 1. The normalized spacial score (nSPS) is 32.6. The molecule has 0 aromatic heterocycles. The number of primary sulfonamides is 1. The molecule has 4 aliphatic rings. The number of nitrogens with two attached hydrogens (primary N) is 1. The highest BCUT2D eigenvalue weighted by molar-refractivity contribution is 7.91. The van der Waals surface area contributed by atoms with Gasteiger partial charge in [0, 0.05) is 12.8 Å². The molecule has 4 saturated carbocycles. The zero-order chi connectivity index (χ0) is 19.4. The molecule has 0 radical (unpaired) electrons. The quantitative estimate of drug-likeness (QED) is 0.747. The van der Waals surface area contributed by atoms with Gasteiger partial charge in [-0.25, -0.2) is 22.0 Å². The number of nitrogens with one attached hydrogen (secondary N) is 1. The van der Waals surface area contributed by atoms with Gasteiger partial charge in [0.25, 0.3) is 0 Å². The van der Waals surface area contributed by atoms with Crippen molar-refractivity contribution < 1.29 is 16.8 Å². The van der Waals surface area contributed by atoms with E-state index in [1.165, 1.54) is 50.7 Å². The van der Waals surface area contributed by atoms with Crippen LogP contribution in [-0.4, -0.2) is 29.6 Å². The van der Waals surface area contributed by atoms with E-state index >= 15 is 0 Å². The summed E-state index contributed by atoms with van der Waals surface area (Å²) >= 11 is 0. The summed E-state index contributed by atoms with van der Waals surface area (Å²) in [5, 5.41) is 8.40. The zero-order valence-corrected chi connectivity index (χ0v) is 17.3. The lowest BCUT2D eigenvalue weighted by molar-refractivity contribution is -0.0552. The van der Waals surface area contributed by atoms with Crippen LogP contribution < -0.4 is 10.5 Å². The molecular weight excluding hydrogens is 384 g/mol. The van der Waals surface area contributed by atoms with E-state index in [1.807, 2.05) is 0 Å². The van der Waals surface area contributed by atoms with Crippen molar-refractivity contribution in [3.8, 4) is 0 Å². The molecule has 27 heavy (non-hydrogen) atoms. The second kappa shape index (κ2) is 6.46. The fraction of sp³-hybridized carbons (Fsp3) is 0.684. The van der Waals surface area contributed by atoms with Gasteiger partial charge in [-0.3, -0.25) is 0 Å². The third-order valence-electron chi connectivity index (χ3n) is 6.82. The zero-order valence-electron chi connectivity index (χ0n) is 15.6. The molecule has 0 saturated heterocycles. The summed E-state index contributed by atoms with van der Waals surface area (Å²) in [6.45, 7) is 0.698. The molecule has 5 rings (SSSR count). The van der Waals surface area contributed by atoms with Crippen molar-refractivity contribution in [2.24, 2.45) is 28.3 Å². The van der Waals surface area contributed by atoms with Crippen LogP contribution in [0.4, 0.5) is 5.69 Å². The maximum atomic E-state index is 12.1. The molecule has 4 fully saturated rings. The second-order valence-electron chi connectivity index (χ2n) is 9.07. The predicted molar refractivity (Wildman–Crippen MR) is 105 cm³/mol. The van der Waals surface area contributed by atoms with E-state index in [2.05, 4.69) is 5.32 Å². The predicted octanol–water partition coefficient (Wildman–Crippen LogP) is 2.76. The van der Waals surface area contributed by atoms with Crippen LogP contribution in [0.2, 0.25) is 0 Å². The van der Waals surface area contributed by atoms with E-state index < -0.39 is 19.9 Å². The van der Waals surface area contributed by atoms with Gasteiger partial charge in [-0.1, -0.05) is 0 Å². The Bertz CT molecular complexity index is 919. The highest BCUT2D eigenvalue weighted by Gasteiger charge is 2.50. The van der Waals surface area contributed by atoms with E-state index in [-0.39, 0.29) is 9.79 Å². The minimum absolute atomic E-state index is 0.0143. The molecule has 0 atom stereocenters. The first-order valence-electron chi connectivity index (χ1n) is 9.65. The Morgan fingerprint density at radius 2 is 1.59 bits per heavy atom. The Balaban J connectivity index is 1.50. The molecule has 6 nitrogen and oxygen atoms in total. The van der Waals surface area contributed by atoms with Crippen LogP contribution in [0, 0.1) is 23.2 Å². The average Bonchev–Trinajstić information content (AvgIpc) is 2.51. The number of rotatable bonds is 6. The minimum Gasteiger partial charge on any atom is -0.384 e.